The molecule has 0 aromatic carbocycles. The van der Waals surface area contributed by atoms with Crippen molar-refractivity contribution >= 4 is 21.6 Å². The largest absolute Gasteiger partial charge is 0.327 e. The minimum Gasteiger partial charge on any atom is -0.327 e. The molecule has 0 radical (unpaired) electrons. The summed E-state index contributed by atoms with van der Waals surface area (Å²) >= 11 is 1.76. The predicted molar refractivity (Wildman–Crippen MR) is 68.7 cm³/mol. The fourth-order valence-corrected chi connectivity index (χ4v) is 3.37. The number of nitrogens with zero attached hydrogens (tertiary/aromatic N) is 1. The average molecular weight is 232 g/mol. The maximum absolute atomic E-state index is 6.06. The normalized spacial score (nSPS) is 27.9. The Morgan fingerprint density at radius 3 is 3.00 bits per heavy atom. The first-order chi connectivity index (χ1) is 7.59. The van der Waals surface area contributed by atoms with Crippen LogP contribution in [0.5, 0.6) is 0 Å². The molecule has 2 atom stereocenters. The van der Waals surface area contributed by atoms with Crippen LogP contribution in [0.1, 0.15) is 31.7 Å². The summed E-state index contributed by atoms with van der Waals surface area (Å²) in [6.07, 6.45) is 3.11. The Bertz CT molecular complexity index is 529. The van der Waals surface area contributed by atoms with Crippen LogP contribution in [-0.4, -0.2) is 11.0 Å². The summed E-state index contributed by atoms with van der Waals surface area (Å²) in [5.41, 5.74) is 8.73. The first-order valence-electron chi connectivity index (χ1n) is 5.68. The number of pyridine rings is 1. The van der Waals surface area contributed by atoms with E-state index in [0.29, 0.717) is 12.0 Å². The van der Waals surface area contributed by atoms with Crippen molar-refractivity contribution in [1.29, 1.82) is 0 Å². The average Bonchev–Trinajstić information content (AvgIpc) is 2.72. The third-order valence-corrected chi connectivity index (χ3v) is 4.92. The van der Waals surface area contributed by atoms with Gasteiger partial charge in [0, 0.05) is 12.2 Å². The number of rotatable bonds is 1. The summed E-state index contributed by atoms with van der Waals surface area (Å²) in [6.45, 7) is 4.51. The molecule has 0 spiro atoms. The zero-order chi connectivity index (χ0) is 11.3. The Morgan fingerprint density at radius 1 is 1.50 bits per heavy atom. The van der Waals surface area contributed by atoms with E-state index in [1.54, 1.807) is 11.3 Å². The molecule has 3 heteroatoms. The quantitative estimate of drug-likeness (QED) is 0.820. The van der Waals surface area contributed by atoms with Gasteiger partial charge in [0.15, 0.2) is 0 Å². The second kappa shape index (κ2) is 3.28. The highest BCUT2D eigenvalue weighted by Gasteiger charge is 2.46. The number of fused-ring (bicyclic) bond motifs is 1. The van der Waals surface area contributed by atoms with Gasteiger partial charge >= 0.3 is 0 Å². The number of thiophene rings is 1. The van der Waals surface area contributed by atoms with Gasteiger partial charge in [0.05, 0.1) is 10.2 Å². The maximum Gasteiger partial charge on any atom is 0.0809 e. The molecule has 1 fully saturated rings. The van der Waals surface area contributed by atoms with Crippen LogP contribution >= 0.6 is 11.3 Å². The molecule has 1 saturated carbocycles. The molecule has 0 bridgehead atoms. The van der Waals surface area contributed by atoms with Crippen LogP contribution in [0.15, 0.2) is 23.7 Å². The fraction of sp³-hybridized carbons (Fsp3) is 0.462. The van der Waals surface area contributed by atoms with E-state index in [1.807, 2.05) is 6.20 Å². The Morgan fingerprint density at radius 2 is 2.31 bits per heavy atom. The Kier molecular flexibility index (Phi) is 2.10. The van der Waals surface area contributed by atoms with E-state index < -0.39 is 0 Å². The topological polar surface area (TPSA) is 38.9 Å². The van der Waals surface area contributed by atoms with Crippen molar-refractivity contribution in [3.63, 3.8) is 0 Å². The second-order valence-corrected chi connectivity index (χ2v) is 6.24. The number of hydrogen-bond acceptors (Lipinski definition) is 3. The highest BCUT2D eigenvalue weighted by Crippen LogP contribution is 2.51. The Balaban J connectivity index is 2.01. The zero-order valence-electron chi connectivity index (χ0n) is 9.60. The van der Waals surface area contributed by atoms with E-state index in [4.69, 9.17) is 5.73 Å². The summed E-state index contributed by atoms with van der Waals surface area (Å²) in [5.74, 6) is 0.571. The molecule has 0 amide bonds. The van der Waals surface area contributed by atoms with Crippen LogP contribution < -0.4 is 5.73 Å². The number of aromatic nitrogens is 1. The van der Waals surface area contributed by atoms with Crippen LogP contribution in [0.25, 0.3) is 10.2 Å². The first kappa shape index (κ1) is 10.2. The minimum absolute atomic E-state index is 0.215. The van der Waals surface area contributed by atoms with Crippen molar-refractivity contribution in [3.8, 4) is 0 Å². The Hall–Kier alpha value is -0.930. The molecule has 1 aliphatic rings. The lowest BCUT2D eigenvalue weighted by Crippen LogP contribution is -2.52. The van der Waals surface area contributed by atoms with Crippen molar-refractivity contribution in [2.45, 2.75) is 32.2 Å². The van der Waals surface area contributed by atoms with Crippen molar-refractivity contribution < 1.29 is 0 Å². The molecule has 0 aliphatic heterocycles. The van der Waals surface area contributed by atoms with E-state index in [0.717, 1.165) is 11.9 Å². The van der Waals surface area contributed by atoms with Crippen molar-refractivity contribution in [2.24, 2.45) is 11.1 Å². The molecule has 1 aliphatic carbocycles. The van der Waals surface area contributed by atoms with Crippen molar-refractivity contribution in [1.82, 2.24) is 4.98 Å². The lowest BCUT2D eigenvalue weighted by Gasteiger charge is -2.50. The lowest BCUT2D eigenvalue weighted by atomic mass is 9.57. The van der Waals surface area contributed by atoms with Gasteiger partial charge in [-0.15, -0.1) is 11.3 Å². The van der Waals surface area contributed by atoms with E-state index in [2.05, 4.69) is 36.3 Å². The summed E-state index contributed by atoms with van der Waals surface area (Å²) < 4.78 is 1.29. The maximum atomic E-state index is 6.06. The summed E-state index contributed by atoms with van der Waals surface area (Å²) in [6, 6.07) is 4.68. The third-order valence-electron chi connectivity index (χ3n) is 4.07. The van der Waals surface area contributed by atoms with Crippen LogP contribution in [0.4, 0.5) is 0 Å². The van der Waals surface area contributed by atoms with Gasteiger partial charge in [-0.25, -0.2) is 0 Å². The third kappa shape index (κ3) is 1.31. The number of nitrogens with two attached hydrogens (primary N) is 1. The van der Waals surface area contributed by atoms with Crippen molar-refractivity contribution in [3.05, 3.63) is 29.3 Å². The van der Waals surface area contributed by atoms with Gasteiger partial charge in [0.25, 0.3) is 0 Å². The van der Waals surface area contributed by atoms with Crippen LogP contribution in [0, 0.1) is 5.41 Å². The van der Waals surface area contributed by atoms with Gasteiger partial charge in [0.2, 0.25) is 0 Å². The molecule has 2 unspecified atom stereocenters. The lowest BCUT2D eigenvalue weighted by molar-refractivity contribution is 0.0983. The zero-order valence-corrected chi connectivity index (χ0v) is 10.4. The van der Waals surface area contributed by atoms with Gasteiger partial charge < -0.3 is 5.73 Å². The predicted octanol–water partition coefficient (Wildman–Crippen LogP) is 3.14. The Labute approximate surface area is 99.5 Å². The molecule has 2 nitrogen and oxygen atoms in total. The van der Waals surface area contributed by atoms with Crippen LogP contribution in [-0.2, 0) is 0 Å². The fourth-order valence-electron chi connectivity index (χ4n) is 2.58. The number of hydrogen-bond donors (Lipinski definition) is 1. The van der Waals surface area contributed by atoms with Crippen molar-refractivity contribution in [2.75, 3.05) is 0 Å². The van der Waals surface area contributed by atoms with E-state index in [-0.39, 0.29) is 5.41 Å². The SMILES string of the molecule is CC1(C)C(N)CC1c1cnc2ccsc2c1. The van der Waals surface area contributed by atoms with Gasteiger partial charge in [-0.3, -0.25) is 4.98 Å². The van der Waals surface area contributed by atoms with Crippen LogP contribution in [0.2, 0.25) is 0 Å². The van der Waals surface area contributed by atoms with Crippen LogP contribution in [0.3, 0.4) is 0 Å². The molecule has 3 rings (SSSR count). The second-order valence-electron chi connectivity index (χ2n) is 5.29. The molecule has 16 heavy (non-hydrogen) atoms. The molecule has 2 aromatic rings. The molecule has 2 aromatic heterocycles. The molecule has 2 N–H and O–H groups in total. The van der Waals surface area contributed by atoms with E-state index in [1.165, 1.54) is 10.3 Å². The van der Waals surface area contributed by atoms with Gasteiger partial charge in [0.1, 0.15) is 0 Å². The molecule has 0 saturated heterocycles. The van der Waals surface area contributed by atoms with Gasteiger partial charge in [-0.05, 0) is 40.8 Å². The highest BCUT2D eigenvalue weighted by atomic mass is 32.1. The monoisotopic (exact) mass is 232 g/mol. The smallest absolute Gasteiger partial charge is 0.0809 e. The molecular formula is C13H16N2S. The molecule has 2 heterocycles. The van der Waals surface area contributed by atoms with E-state index in [9.17, 15) is 0 Å². The summed E-state index contributed by atoms with van der Waals surface area (Å²) in [7, 11) is 0. The molecule has 84 valence electrons. The first-order valence-corrected chi connectivity index (χ1v) is 6.56. The van der Waals surface area contributed by atoms with Gasteiger partial charge in [-0.2, -0.15) is 0 Å². The highest BCUT2D eigenvalue weighted by molar-refractivity contribution is 7.17. The summed E-state index contributed by atoms with van der Waals surface area (Å²) in [5, 5.41) is 2.10. The standard InChI is InChI=1S/C13H16N2S/c1-13(2)9(6-12(13)14)8-5-11-10(15-7-8)3-4-16-11/h3-5,7,9,12H,6,14H2,1-2H3. The van der Waals surface area contributed by atoms with Gasteiger partial charge in [-0.1, -0.05) is 13.8 Å². The summed E-state index contributed by atoms with van der Waals surface area (Å²) in [4.78, 5) is 4.50. The van der Waals surface area contributed by atoms with E-state index >= 15 is 0 Å². The minimum atomic E-state index is 0.215. The molecular weight excluding hydrogens is 216 g/mol.